The summed E-state index contributed by atoms with van der Waals surface area (Å²) in [7, 11) is 0. The van der Waals surface area contributed by atoms with Crippen LogP contribution in [0.2, 0.25) is 0 Å². The topological polar surface area (TPSA) is 89.2 Å². The first kappa shape index (κ1) is 23.0. The summed E-state index contributed by atoms with van der Waals surface area (Å²) >= 11 is 0. The summed E-state index contributed by atoms with van der Waals surface area (Å²) in [4.78, 5) is 8.58. The number of benzene rings is 2. The molecule has 138 valence electrons. The monoisotopic (exact) mass is 418 g/mol. The number of para-hydroxylation sites is 2. The van der Waals surface area contributed by atoms with Crippen LogP contribution in [-0.2, 0) is 19.5 Å². The van der Waals surface area contributed by atoms with Crippen molar-refractivity contribution >= 4 is 12.4 Å². The van der Waals surface area contributed by atoms with E-state index in [-0.39, 0.29) is 31.0 Å². The van der Waals surface area contributed by atoms with Gasteiger partial charge in [-0.3, -0.25) is 9.98 Å². The third-order valence-electron chi connectivity index (χ3n) is 3.65. The maximum absolute atomic E-state index is 9.61. The standard InChI is InChI=1S/C20H26N4O2.Zn/c25-19-7-3-1-5-17(19)15-23-13-11-21-9-10-22-12-14-24-16-18-6-2-4-8-20(18)26;/h1-8,15-16,21-22,25-26H,9-14H2;/q;+2. The molecule has 0 unspecified atom stereocenters. The van der Waals surface area contributed by atoms with E-state index in [0.717, 1.165) is 37.3 Å². The summed E-state index contributed by atoms with van der Waals surface area (Å²) in [5.41, 5.74) is 1.47. The molecule has 0 fully saturated rings. The summed E-state index contributed by atoms with van der Waals surface area (Å²) in [6, 6.07) is 14.3. The van der Waals surface area contributed by atoms with E-state index in [1.807, 2.05) is 24.3 Å². The minimum atomic E-state index is 0. The van der Waals surface area contributed by atoms with Gasteiger partial charge in [0.15, 0.2) is 0 Å². The molecule has 0 aromatic heterocycles. The van der Waals surface area contributed by atoms with Gasteiger partial charge in [0.25, 0.3) is 0 Å². The minimum Gasteiger partial charge on any atom is -0.507 e. The van der Waals surface area contributed by atoms with Crippen molar-refractivity contribution in [2.24, 2.45) is 9.98 Å². The zero-order chi connectivity index (χ0) is 18.5. The molecule has 0 aliphatic carbocycles. The fourth-order valence-electron chi connectivity index (χ4n) is 2.23. The normalized spacial score (nSPS) is 11.1. The van der Waals surface area contributed by atoms with Crippen molar-refractivity contribution in [3.05, 3.63) is 59.7 Å². The maximum atomic E-state index is 9.61. The molecule has 6 nitrogen and oxygen atoms in total. The summed E-state index contributed by atoms with van der Waals surface area (Å²) in [5.74, 6) is 0.497. The summed E-state index contributed by atoms with van der Waals surface area (Å²) in [5, 5.41) is 25.8. The molecular weight excluding hydrogens is 394 g/mol. The molecule has 0 spiro atoms. The zero-order valence-corrected chi connectivity index (χ0v) is 18.5. The molecule has 0 amide bonds. The van der Waals surface area contributed by atoms with E-state index in [2.05, 4.69) is 20.6 Å². The van der Waals surface area contributed by atoms with Gasteiger partial charge in [-0.1, -0.05) is 24.3 Å². The molecule has 0 saturated carbocycles. The minimum absolute atomic E-state index is 0. The Hall–Kier alpha value is -2.08. The van der Waals surface area contributed by atoms with E-state index in [1.54, 1.807) is 36.7 Å². The summed E-state index contributed by atoms with van der Waals surface area (Å²) in [6.07, 6.45) is 3.38. The van der Waals surface area contributed by atoms with Crippen molar-refractivity contribution in [2.75, 3.05) is 39.3 Å². The first-order valence-electron chi connectivity index (χ1n) is 8.74. The molecule has 0 bridgehead atoms. The van der Waals surface area contributed by atoms with Crippen LogP contribution in [0.4, 0.5) is 0 Å². The summed E-state index contributed by atoms with van der Waals surface area (Å²) < 4.78 is 0. The number of phenolic OH excluding ortho intramolecular Hbond substituents is 2. The van der Waals surface area contributed by atoms with Crippen LogP contribution in [0, 0.1) is 0 Å². The van der Waals surface area contributed by atoms with Crippen molar-refractivity contribution in [2.45, 2.75) is 0 Å². The molecular formula is C20H26N4O2Zn+2. The van der Waals surface area contributed by atoms with Gasteiger partial charge in [-0.2, -0.15) is 0 Å². The smallest absolute Gasteiger partial charge is 0.507 e. The predicted octanol–water partition coefficient (Wildman–Crippen LogP) is 1.81. The average molecular weight is 420 g/mol. The third kappa shape index (κ3) is 9.43. The number of nitrogens with zero attached hydrogens (tertiary/aromatic N) is 2. The first-order valence-corrected chi connectivity index (χ1v) is 8.74. The second-order valence-corrected chi connectivity index (χ2v) is 5.69. The van der Waals surface area contributed by atoms with E-state index in [0.29, 0.717) is 13.1 Å². The predicted molar refractivity (Wildman–Crippen MR) is 107 cm³/mol. The second-order valence-electron chi connectivity index (χ2n) is 5.69. The van der Waals surface area contributed by atoms with Gasteiger partial charge in [0, 0.05) is 49.7 Å². The van der Waals surface area contributed by atoms with E-state index >= 15 is 0 Å². The van der Waals surface area contributed by atoms with Crippen LogP contribution in [0.3, 0.4) is 0 Å². The van der Waals surface area contributed by atoms with Crippen molar-refractivity contribution in [3.8, 4) is 11.5 Å². The van der Waals surface area contributed by atoms with Crippen LogP contribution in [0.1, 0.15) is 11.1 Å². The molecule has 0 atom stereocenters. The van der Waals surface area contributed by atoms with Gasteiger partial charge in [-0.05, 0) is 24.3 Å². The van der Waals surface area contributed by atoms with Crippen molar-refractivity contribution in [3.63, 3.8) is 0 Å². The average Bonchev–Trinajstić information content (AvgIpc) is 2.65. The van der Waals surface area contributed by atoms with Gasteiger partial charge in [0.05, 0.1) is 13.1 Å². The largest absolute Gasteiger partial charge is 2.00 e. The number of hydrogen-bond acceptors (Lipinski definition) is 6. The van der Waals surface area contributed by atoms with E-state index in [1.165, 1.54) is 0 Å². The van der Waals surface area contributed by atoms with Crippen LogP contribution in [-0.4, -0.2) is 61.9 Å². The number of phenols is 2. The first-order chi connectivity index (χ1) is 12.8. The molecule has 0 heterocycles. The Balaban J connectivity index is 0.00000364. The molecule has 27 heavy (non-hydrogen) atoms. The number of hydrogen-bond donors (Lipinski definition) is 4. The van der Waals surface area contributed by atoms with Crippen LogP contribution in [0.15, 0.2) is 58.5 Å². The van der Waals surface area contributed by atoms with Crippen molar-refractivity contribution < 1.29 is 29.7 Å². The Morgan fingerprint density at radius 2 is 1.07 bits per heavy atom. The van der Waals surface area contributed by atoms with E-state index in [4.69, 9.17) is 0 Å². The second kappa shape index (κ2) is 14.0. The SMILES string of the molecule is Oc1ccccc1C=NCCNCCNCCN=Cc1ccccc1O.[Zn+2]. The fourth-order valence-corrected chi connectivity index (χ4v) is 2.23. The fraction of sp³-hybridized carbons (Fsp3) is 0.300. The van der Waals surface area contributed by atoms with Gasteiger partial charge in [0.2, 0.25) is 0 Å². The molecule has 0 radical (unpaired) electrons. The number of aromatic hydroxyl groups is 2. The van der Waals surface area contributed by atoms with Gasteiger partial charge in [0.1, 0.15) is 11.5 Å². The van der Waals surface area contributed by atoms with Crippen LogP contribution >= 0.6 is 0 Å². The molecule has 0 aliphatic heterocycles. The Morgan fingerprint density at radius 1 is 0.667 bits per heavy atom. The molecule has 2 aromatic rings. The Kier molecular flexibility index (Phi) is 11.9. The Morgan fingerprint density at radius 3 is 1.48 bits per heavy atom. The van der Waals surface area contributed by atoms with Gasteiger partial charge < -0.3 is 20.8 Å². The van der Waals surface area contributed by atoms with Crippen LogP contribution < -0.4 is 10.6 Å². The van der Waals surface area contributed by atoms with E-state index < -0.39 is 0 Å². The number of nitrogens with one attached hydrogen (secondary N) is 2. The van der Waals surface area contributed by atoms with Crippen LogP contribution in [0.25, 0.3) is 0 Å². The molecule has 0 aliphatic rings. The van der Waals surface area contributed by atoms with Gasteiger partial charge in [-0.25, -0.2) is 0 Å². The molecule has 2 aromatic carbocycles. The van der Waals surface area contributed by atoms with Gasteiger partial charge in [-0.15, -0.1) is 0 Å². The Labute approximate surface area is 173 Å². The van der Waals surface area contributed by atoms with E-state index in [9.17, 15) is 10.2 Å². The zero-order valence-electron chi connectivity index (χ0n) is 15.5. The number of aliphatic imine (C=N–C) groups is 2. The Bertz CT molecular complexity index is 661. The molecule has 4 N–H and O–H groups in total. The quantitative estimate of drug-likeness (QED) is 0.254. The third-order valence-corrected chi connectivity index (χ3v) is 3.65. The maximum Gasteiger partial charge on any atom is 2.00 e. The molecule has 2 rings (SSSR count). The van der Waals surface area contributed by atoms with Crippen molar-refractivity contribution in [1.29, 1.82) is 0 Å². The van der Waals surface area contributed by atoms with Crippen molar-refractivity contribution in [1.82, 2.24) is 10.6 Å². The number of rotatable bonds is 11. The molecule has 7 heteroatoms. The summed E-state index contributed by atoms with van der Waals surface area (Å²) in [6.45, 7) is 4.62. The molecule has 0 saturated heterocycles. The van der Waals surface area contributed by atoms with Crippen LogP contribution in [0.5, 0.6) is 11.5 Å². The van der Waals surface area contributed by atoms with Gasteiger partial charge >= 0.3 is 19.5 Å².